The smallest absolute Gasteiger partial charge is 0.138 e. The van der Waals surface area contributed by atoms with Gasteiger partial charge in [-0.3, -0.25) is 0 Å². The van der Waals surface area contributed by atoms with Crippen LogP contribution < -0.4 is 15.2 Å². The number of hydrogen-bond donors (Lipinski definition) is 1. The van der Waals surface area contributed by atoms with E-state index in [0.717, 1.165) is 17.0 Å². The van der Waals surface area contributed by atoms with Crippen molar-refractivity contribution in [1.82, 2.24) is 0 Å². The molecule has 0 saturated heterocycles. The molecule has 19 heavy (non-hydrogen) atoms. The molecular weight excluding hydrogens is 262 g/mol. The summed E-state index contributed by atoms with van der Waals surface area (Å²) in [4.78, 5) is 0. The van der Waals surface area contributed by atoms with Crippen molar-refractivity contribution in [3.63, 3.8) is 0 Å². The van der Waals surface area contributed by atoms with Gasteiger partial charge in [0.2, 0.25) is 0 Å². The lowest BCUT2D eigenvalue weighted by molar-refractivity contribution is 0.217. The molecule has 0 atom stereocenters. The Hall–Kier alpha value is -1.87. The third-order valence-electron chi connectivity index (χ3n) is 2.69. The van der Waals surface area contributed by atoms with E-state index < -0.39 is 0 Å². The summed E-state index contributed by atoms with van der Waals surface area (Å²) in [7, 11) is 0. The van der Waals surface area contributed by atoms with Crippen LogP contribution in [0.25, 0.3) is 0 Å². The molecule has 4 heteroatoms. The Labute approximate surface area is 117 Å². The van der Waals surface area contributed by atoms with Crippen molar-refractivity contribution in [2.75, 3.05) is 18.9 Å². The maximum Gasteiger partial charge on any atom is 0.138 e. The predicted molar refractivity (Wildman–Crippen MR) is 78.0 cm³/mol. The van der Waals surface area contributed by atoms with E-state index in [9.17, 15) is 0 Å². The number of anilines is 1. The second-order valence-corrected chi connectivity index (χ2v) is 4.55. The van der Waals surface area contributed by atoms with Crippen molar-refractivity contribution in [1.29, 1.82) is 0 Å². The standard InChI is InChI=1S/C15H16ClNO2/c1-11-10-12(6-7-14(11)17)18-8-9-19-15-5-3-2-4-13(15)16/h2-7,10H,8-9,17H2,1H3. The lowest BCUT2D eigenvalue weighted by Crippen LogP contribution is -2.09. The molecule has 0 unspecified atom stereocenters. The Morgan fingerprint density at radius 3 is 2.53 bits per heavy atom. The minimum Gasteiger partial charge on any atom is -0.490 e. The fourth-order valence-corrected chi connectivity index (χ4v) is 1.80. The van der Waals surface area contributed by atoms with Crippen molar-refractivity contribution in [2.24, 2.45) is 0 Å². The van der Waals surface area contributed by atoms with Gasteiger partial charge in [0.1, 0.15) is 24.7 Å². The van der Waals surface area contributed by atoms with E-state index >= 15 is 0 Å². The first-order valence-corrected chi connectivity index (χ1v) is 6.41. The Bertz CT molecular complexity index is 558. The fourth-order valence-electron chi connectivity index (χ4n) is 1.61. The molecule has 0 saturated carbocycles. The monoisotopic (exact) mass is 277 g/mol. The largest absolute Gasteiger partial charge is 0.490 e. The van der Waals surface area contributed by atoms with E-state index in [2.05, 4.69) is 0 Å². The number of aryl methyl sites for hydroxylation is 1. The maximum atomic E-state index is 5.98. The SMILES string of the molecule is Cc1cc(OCCOc2ccccc2Cl)ccc1N. The molecule has 0 aliphatic heterocycles. The second kappa shape index (κ2) is 6.34. The van der Waals surface area contributed by atoms with E-state index in [4.69, 9.17) is 26.8 Å². The van der Waals surface area contributed by atoms with Crippen molar-refractivity contribution >= 4 is 17.3 Å². The molecule has 0 heterocycles. The van der Waals surface area contributed by atoms with Crippen LogP contribution in [0, 0.1) is 6.92 Å². The zero-order valence-electron chi connectivity index (χ0n) is 10.7. The molecule has 100 valence electrons. The van der Waals surface area contributed by atoms with Gasteiger partial charge in [-0.05, 0) is 42.8 Å². The van der Waals surface area contributed by atoms with Crippen molar-refractivity contribution < 1.29 is 9.47 Å². The van der Waals surface area contributed by atoms with Crippen molar-refractivity contribution in [3.05, 3.63) is 53.1 Å². The van der Waals surface area contributed by atoms with Gasteiger partial charge >= 0.3 is 0 Å². The van der Waals surface area contributed by atoms with E-state index in [1.807, 2.05) is 43.3 Å². The number of para-hydroxylation sites is 1. The number of hydrogen-bond acceptors (Lipinski definition) is 3. The van der Waals surface area contributed by atoms with Crippen molar-refractivity contribution in [2.45, 2.75) is 6.92 Å². The molecule has 0 aliphatic rings. The van der Waals surface area contributed by atoms with Crippen LogP contribution in [0.5, 0.6) is 11.5 Å². The maximum absolute atomic E-state index is 5.98. The minimum absolute atomic E-state index is 0.438. The third kappa shape index (κ3) is 3.80. The molecule has 2 rings (SSSR count). The Balaban J connectivity index is 1.81. The average Bonchev–Trinajstić information content (AvgIpc) is 2.40. The molecule has 3 nitrogen and oxygen atoms in total. The van der Waals surface area contributed by atoms with E-state index in [1.165, 1.54) is 0 Å². The van der Waals surface area contributed by atoms with Crippen LogP contribution in [0.1, 0.15) is 5.56 Å². The van der Waals surface area contributed by atoms with Gasteiger partial charge < -0.3 is 15.2 Å². The van der Waals surface area contributed by atoms with Gasteiger partial charge in [0.25, 0.3) is 0 Å². The van der Waals surface area contributed by atoms with Crippen LogP contribution in [0.3, 0.4) is 0 Å². The predicted octanol–water partition coefficient (Wildman–Crippen LogP) is 3.69. The third-order valence-corrected chi connectivity index (χ3v) is 3.00. The van der Waals surface area contributed by atoms with Gasteiger partial charge in [0.15, 0.2) is 0 Å². The van der Waals surface area contributed by atoms with Crippen LogP contribution in [-0.4, -0.2) is 13.2 Å². The van der Waals surface area contributed by atoms with Crippen LogP contribution in [0.2, 0.25) is 5.02 Å². The van der Waals surface area contributed by atoms with Gasteiger partial charge in [-0.2, -0.15) is 0 Å². The molecule has 0 bridgehead atoms. The summed E-state index contributed by atoms with van der Waals surface area (Å²) < 4.78 is 11.1. The highest BCUT2D eigenvalue weighted by Gasteiger charge is 2.00. The number of rotatable bonds is 5. The summed E-state index contributed by atoms with van der Waals surface area (Å²) in [6.45, 7) is 2.84. The summed E-state index contributed by atoms with van der Waals surface area (Å²) >= 11 is 5.98. The minimum atomic E-state index is 0.438. The normalized spacial score (nSPS) is 10.2. The highest BCUT2D eigenvalue weighted by Crippen LogP contribution is 2.23. The van der Waals surface area contributed by atoms with Crippen LogP contribution in [-0.2, 0) is 0 Å². The average molecular weight is 278 g/mol. The summed E-state index contributed by atoms with van der Waals surface area (Å²) in [6.07, 6.45) is 0. The number of nitrogens with two attached hydrogens (primary N) is 1. The second-order valence-electron chi connectivity index (χ2n) is 4.15. The lowest BCUT2D eigenvalue weighted by atomic mass is 10.2. The number of benzene rings is 2. The van der Waals surface area contributed by atoms with Crippen LogP contribution >= 0.6 is 11.6 Å². The van der Waals surface area contributed by atoms with E-state index in [-0.39, 0.29) is 0 Å². The molecule has 0 radical (unpaired) electrons. The Morgan fingerprint density at radius 1 is 1.05 bits per heavy atom. The quantitative estimate of drug-likeness (QED) is 0.670. The summed E-state index contributed by atoms with van der Waals surface area (Å²) in [5, 5.41) is 0.603. The summed E-state index contributed by atoms with van der Waals surface area (Å²) in [5.74, 6) is 1.45. The molecule has 0 fully saturated rings. The molecule has 0 amide bonds. The lowest BCUT2D eigenvalue weighted by Gasteiger charge is -2.10. The molecular formula is C15H16ClNO2. The van der Waals surface area contributed by atoms with E-state index in [0.29, 0.717) is 24.0 Å². The Morgan fingerprint density at radius 2 is 1.79 bits per heavy atom. The van der Waals surface area contributed by atoms with Crippen LogP contribution in [0.4, 0.5) is 5.69 Å². The van der Waals surface area contributed by atoms with Crippen molar-refractivity contribution in [3.8, 4) is 11.5 Å². The number of nitrogen functional groups attached to an aromatic ring is 1. The van der Waals surface area contributed by atoms with E-state index in [1.54, 1.807) is 6.07 Å². The van der Waals surface area contributed by atoms with Gasteiger partial charge in [-0.15, -0.1) is 0 Å². The molecule has 0 spiro atoms. The topological polar surface area (TPSA) is 44.5 Å². The number of halogens is 1. The van der Waals surface area contributed by atoms with Gasteiger partial charge in [0, 0.05) is 5.69 Å². The fraction of sp³-hybridized carbons (Fsp3) is 0.200. The molecule has 0 aromatic heterocycles. The van der Waals surface area contributed by atoms with Gasteiger partial charge in [0.05, 0.1) is 5.02 Å². The molecule has 2 aromatic carbocycles. The van der Waals surface area contributed by atoms with Gasteiger partial charge in [-0.1, -0.05) is 23.7 Å². The number of ether oxygens (including phenoxy) is 2. The highest BCUT2D eigenvalue weighted by atomic mass is 35.5. The molecule has 0 aliphatic carbocycles. The zero-order valence-corrected chi connectivity index (χ0v) is 11.5. The molecule has 2 aromatic rings. The summed E-state index contributed by atoms with van der Waals surface area (Å²) in [6, 6.07) is 13.0. The first kappa shape index (κ1) is 13.6. The van der Waals surface area contributed by atoms with Crippen LogP contribution in [0.15, 0.2) is 42.5 Å². The first-order valence-electron chi connectivity index (χ1n) is 6.03. The highest BCUT2D eigenvalue weighted by molar-refractivity contribution is 6.32. The summed E-state index contributed by atoms with van der Waals surface area (Å²) in [5.41, 5.74) is 7.51. The first-order chi connectivity index (χ1) is 9.16. The molecule has 2 N–H and O–H groups in total. The zero-order chi connectivity index (χ0) is 13.7. The van der Waals surface area contributed by atoms with Gasteiger partial charge in [-0.25, -0.2) is 0 Å². The Kier molecular flexibility index (Phi) is 4.53.